The van der Waals surface area contributed by atoms with Crippen LogP contribution in [0.2, 0.25) is 0 Å². The van der Waals surface area contributed by atoms with Gasteiger partial charge in [0.15, 0.2) is 0 Å². The van der Waals surface area contributed by atoms with Crippen molar-refractivity contribution in [3.05, 3.63) is 36.5 Å². The fourth-order valence-electron chi connectivity index (χ4n) is 1.95. The molecule has 0 aliphatic heterocycles. The minimum atomic E-state index is -0.274. The van der Waals surface area contributed by atoms with Crippen molar-refractivity contribution in [2.45, 2.75) is 26.7 Å². The quantitative estimate of drug-likeness (QED) is 0.759. The van der Waals surface area contributed by atoms with E-state index in [1.165, 1.54) is 0 Å². The Bertz CT molecular complexity index is 594. The molecule has 1 aromatic carbocycles. The zero-order chi connectivity index (χ0) is 13.7. The van der Waals surface area contributed by atoms with E-state index in [9.17, 15) is 0 Å². The lowest BCUT2D eigenvalue weighted by Crippen LogP contribution is -2.10. The predicted octanol–water partition coefficient (Wildman–Crippen LogP) is 3.94. The van der Waals surface area contributed by atoms with E-state index in [0.717, 1.165) is 29.5 Å². The molecular formula is C16H18N2O. The number of pyridine rings is 1. The second-order valence-corrected chi connectivity index (χ2v) is 5.27. The minimum Gasteiger partial charge on any atom is -0.493 e. The van der Waals surface area contributed by atoms with Gasteiger partial charge in [-0.2, -0.15) is 5.26 Å². The molecule has 0 aliphatic rings. The fourth-order valence-corrected chi connectivity index (χ4v) is 1.95. The second-order valence-electron chi connectivity index (χ2n) is 5.27. The van der Waals surface area contributed by atoms with Crippen molar-refractivity contribution in [3.8, 4) is 11.8 Å². The number of hydrogen-bond donors (Lipinski definition) is 0. The molecule has 0 saturated carbocycles. The second kappa shape index (κ2) is 5.71. The van der Waals surface area contributed by atoms with Crippen LogP contribution in [-0.2, 0) is 0 Å². The summed E-state index contributed by atoms with van der Waals surface area (Å²) in [5, 5.41) is 9.98. The lowest BCUT2D eigenvalue weighted by molar-refractivity contribution is 0.287. The standard InChI is InChI=1S/C16H18N2O/c1-16(2,12-17)9-5-11-19-15-8-3-7-14-13(15)6-4-10-18-14/h3-4,6-8,10H,5,9,11H2,1-2H3. The molecule has 0 radical (unpaired) electrons. The molecule has 0 bridgehead atoms. The van der Waals surface area contributed by atoms with E-state index in [0.29, 0.717) is 6.61 Å². The number of ether oxygens (including phenoxy) is 1. The summed E-state index contributed by atoms with van der Waals surface area (Å²) in [6, 6.07) is 12.1. The van der Waals surface area contributed by atoms with Gasteiger partial charge in [-0.3, -0.25) is 4.98 Å². The summed E-state index contributed by atoms with van der Waals surface area (Å²) >= 11 is 0. The van der Waals surface area contributed by atoms with E-state index in [1.807, 2.05) is 44.2 Å². The molecule has 1 heterocycles. The number of nitrogens with zero attached hydrogens (tertiary/aromatic N) is 2. The largest absolute Gasteiger partial charge is 0.493 e. The van der Waals surface area contributed by atoms with Crippen LogP contribution in [0.25, 0.3) is 10.9 Å². The first-order chi connectivity index (χ1) is 9.12. The molecule has 3 heteroatoms. The van der Waals surface area contributed by atoms with Crippen molar-refractivity contribution in [2.24, 2.45) is 5.41 Å². The van der Waals surface area contributed by atoms with Gasteiger partial charge >= 0.3 is 0 Å². The van der Waals surface area contributed by atoms with Crippen molar-refractivity contribution in [3.63, 3.8) is 0 Å². The maximum atomic E-state index is 8.95. The monoisotopic (exact) mass is 254 g/mol. The summed E-state index contributed by atoms with van der Waals surface area (Å²) in [6.45, 7) is 4.53. The third kappa shape index (κ3) is 3.45. The van der Waals surface area contributed by atoms with Crippen LogP contribution in [0.5, 0.6) is 5.75 Å². The maximum Gasteiger partial charge on any atom is 0.128 e. The van der Waals surface area contributed by atoms with Crippen molar-refractivity contribution < 1.29 is 4.74 Å². The highest BCUT2D eigenvalue weighted by atomic mass is 16.5. The molecule has 0 saturated heterocycles. The molecule has 0 amide bonds. The molecule has 0 spiro atoms. The number of aromatic nitrogens is 1. The molecule has 0 fully saturated rings. The van der Waals surface area contributed by atoms with E-state index in [-0.39, 0.29) is 5.41 Å². The molecule has 2 aromatic rings. The van der Waals surface area contributed by atoms with E-state index in [2.05, 4.69) is 11.1 Å². The van der Waals surface area contributed by atoms with Crippen LogP contribution in [0.15, 0.2) is 36.5 Å². The van der Waals surface area contributed by atoms with Crippen molar-refractivity contribution >= 4 is 10.9 Å². The number of benzene rings is 1. The van der Waals surface area contributed by atoms with Crippen LogP contribution >= 0.6 is 0 Å². The molecule has 19 heavy (non-hydrogen) atoms. The van der Waals surface area contributed by atoms with Gasteiger partial charge in [0, 0.05) is 11.6 Å². The molecule has 0 atom stereocenters. The van der Waals surface area contributed by atoms with Crippen LogP contribution in [0.4, 0.5) is 0 Å². The Balaban J connectivity index is 1.98. The van der Waals surface area contributed by atoms with E-state index in [1.54, 1.807) is 6.20 Å². The first-order valence-electron chi connectivity index (χ1n) is 6.50. The molecule has 0 unspecified atom stereocenters. The Morgan fingerprint density at radius 2 is 2.11 bits per heavy atom. The minimum absolute atomic E-state index is 0.274. The Kier molecular flexibility index (Phi) is 4.01. The van der Waals surface area contributed by atoms with Gasteiger partial charge in [-0.05, 0) is 51.0 Å². The van der Waals surface area contributed by atoms with Crippen molar-refractivity contribution in [1.29, 1.82) is 5.26 Å². The van der Waals surface area contributed by atoms with Crippen molar-refractivity contribution in [2.75, 3.05) is 6.61 Å². The van der Waals surface area contributed by atoms with Crippen LogP contribution in [-0.4, -0.2) is 11.6 Å². The van der Waals surface area contributed by atoms with E-state index < -0.39 is 0 Å². The zero-order valence-electron chi connectivity index (χ0n) is 11.4. The predicted molar refractivity (Wildman–Crippen MR) is 75.9 cm³/mol. The molecule has 1 aromatic heterocycles. The summed E-state index contributed by atoms with van der Waals surface area (Å²) in [4.78, 5) is 4.30. The number of rotatable bonds is 5. The van der Waals surface area contributed by atoms with Gasteiger partial charge < -0.3 is 4.74 Å². The van der Waals surface area contributed by atoms with Gasteiger partial charge in [0.05, 0.1) is 23.6 Å². The van der Waals surface area contributed by atoms with Gasteiger partial charge in [0.2, 0.25) is 0 Å². The smallest absolute Gasteiger partial charge is 0.128 e. The third-order valence-corrected chi connectivity index (χ3v) is 3.11. The maximum absolute atomic E-state index is 8.95. The van der Waals surface area contributed by atoms with Crippen LogP contribution < -0.4 is 4.74 Å². The Hall–Kier alpha value is -2.08. The average molecular weight is 254 g/mol. The Morgan fingerprint density at radius 1 is 1.26 bits per heavy atom. The first kappa shape index (κ1) is 13.4. The summed E-state index contributed by atoms with van der Waals surface area (Å²) in [7, 11) is 0. The number of nitriles is 1. The lowest BCUT2D eigenvalue weighted by Gasteiger charge is -2.15. The highest BCUT2D eigenvalue weighted by molar-refractivity contribution is 5.84. The Labute approximate surface area is 113 Å². The van der Waals surface area contributed by atoms with Gasteiger partial charge in [-0.15, -0.1) is 0 Å². The average Bonchev–Trinajstić information content (AvgIpc) is 2.44. The van der Waals surface area contributed by atoms with Crippen LogP contribution in [0.3, 0.4) is 0 Å². The highest BCUT2D eigenvalue weighted by Crippen LogP contribution is 2.25. The van der Waals surface area contributed by atoms with E-state index >= 15 is 0 Å². The molecule has 0 N–H and O–H groups in total. The summed E-state index contributed by atoms with van der Waals surface area (Å²) < 4.78 is 5.81. The number of fused-ring (bicyclic) bond motifs is 1. The Morgan fingerprint density at radius 3 is 2.89 bits per heavy atom. The molecule has 3 nitrogen and oxygen atoms in total. The first-order valence-corrected chi connectivity index (χ1v) is 6.50. The van der Waals surface area contributed by atoms with Crippen LogP contribution in [0, 0.1) is 16.7 Å². The molecule has 2 rings (SSSR count). The molecule has 98 valence electrons. The third-order valence-electron chi connectivity index (χ3n) is 3.11. The summed E-state index contributed by atoms with van der Waals surface area (Å²) in [5.74, 6) is 0.861. The van der Waals surface area contributed by atoms with Crippen molar-refractivity contribution in [1.82, 2.24) is 4.98 Å². The molecular weight excluding hydrogens is 236 g/mol. The normalized spacial score (nSPS) is 11.2. The lowest BCUT2D eigenvalue weighted by atomic mass is 9.90. The van der Waals surface area contributed by atoms with E-state index in [4.69, 9.17) is 10.00 Å². The topological polar surface area (TPSA) is 45.9 Å². The van der Waals surface area contributed by atoms with Gasteiger partial charge in [-0.25, -0.2) is 0 Å². The summed E-state index contributed by atoms with van der Waals surface area (Å²) in [6.07, 6.45) is 3.49. The SMILES string of the molecule is CC(C)(C#N)CCCOc1cccc2ncccc12. The fraction of sp³-hybridized carbons (Fsp3) is 0.375. The van der Waals surface area contributed by atoms with Gasteiger partial charge in [0.25, 0.3) is 0 Å². The van der Waals surface area contributed by atoms with Gasteiger partial charge in [0.1, 0.15) is 5.75 Å². The van der Waals surface area contributed by atoms with Gasteiger partial charge in [-0.1, -0.05) is 6.07 Å². The summed E-state index contributed by atoms with van der Waals surface area (Å²) in [5.41, 5.74) is 0.668. The number of hydrogen-bond acceptors (Lipinski definition) is 3. The molecule has 0 aliphatic carbocycles. The van der Waals surface area contributed by atoms with Crippen LogP contribution in [0.1, 0.15) is 26.7 Å². The highest BCUT2D eigenvalue weighted by Gasteiger charge is 2.15. The zero-order valence-corrected chi connectivity index (χ0v) is 11.4.